The number of halogens is 2. The van der Waals surface area contributed by atoms with Gasteiger partial charge in [0.15, 0.2) is 11.6 Å². The van der Waals surface area contributed by atoms with Gasteiger partial charge in [-0.15, -0.1) is 0 Å². The van der Waals surface area contributed by atoms with Crippen LogP contribution < -0.4 is 15.8 Å². The van der Waals surface area contributed by atoms with E-state index in [4.69, 9.17) is 15.9 Å². The van der Waals surface area contributed by atoms with Crippen molar-refractivity contribution in [1.29, 1.82) is 5.41 Å². The molecule has 1 atom stereocenters. The average Bonchev–Trinajstić information content (AvgIpc) is 3.24. The van der Waals surface area contributed by atoms with Crippen LogP contribution in [-0.4, -0.2) is 40.0 Å². The Morgan fingerprint density at radius 2 is 1.97 bits per heavy atom. The van der Waals surface area contributed by atoms with Crippen molar-refractivity contribution in [1.82, 2.24) is 14.7 Å². The first-order valence-corrected chi connectivity index (χ1v) is 11.4. The molecule has 0 bridgehead atoms. The fraction of sp³-hybridized carbons (Fsp3) is 0.385. The van der Waals surface area contributed by atoms with E-state index in [0.717, 1.165) is 11.8 Å². The van der Waals surface area contributed by atoms with Crippen LogP contribution in [0.4, 0.5) is 8.78 Å². The normalized spacial score (nSPS) is 13.5. The van der Waals surface area contributed by atoms with Gasteiger partial charge in [0.2, 0.25) is 5.82 Å². The fourth-order valence-electron chi connectivity index (χ4n) is 3.77. The zero-order valence-corrected chi connectivity index (χ0v) is 20.7. The van der Waals surface area contributed by atoms with Gasteiger partial charge in [0.05, 0.1) is 24.2 Å². The molecule has 0 saturated heterocycles. The fourth-order valence-corrected chi connectivity index (χ4v) is 3.77. The van der Waals surface area contributed by atoms with Crippen LogP contribution in [0.25, 0.3) is 16.8 Å². The van der Waals surface area contributed by atoms with Crippen LogP contribution in [0.3, 0.4) is 0 Å². The molecule has 35 heavy (non-hydrogen) atoms. The van der Waals surface area contributed by atoms with Crippen LogP contribution in [0, 0.1) is 22.5 Å². The molecule has 0 aliphatic heterocycles. The number of aromatic nitrogens is 2. The highest BCUT2D eigenvalue weighted by atomic mass is 19.2. The number of rotatable bonds is 9. The topological polar surface area (TPSA) is 109 Å². The Balaban J connectivity index is 1.92. The van der Waals surface area contributed by atoms with E-state index >= 15 is 0 Å². The molecule has 0 spiro atoms. The van der Waals surface area contributed by atoms with E-state index in [1.54, 1.807) is 42.9 Å². The van der Waals surface area contributed by atoms with E-state index < -0.39 is 23.2 Å². The summed E-state index contributed by atoms with van der Waals surface area (Å²) in [7, 11) is 1.72. The first-order chi connectivity index (χ1) is 16.5. The van der Waals surface area contributed by atoms with Gasteiger partial charge in [-0.2, -0.15) is 4.39 Å². The molecule has 0 saturated carbocycles. The highest BCUT2D eigenvalue weighted by molar-refractivity contribution is 6.01. The minimum atomic E-state index is -1.09. The molecule has 0 aliphatic carbocycles. The van der Waals surface area contributed by atoms with E-state index in [0.29, 0.717) is 28.0 Å². The third kappa shape index (κ3) is 5.52. The van der Waals surface area contributed by atoms with E-state index in [1.165, 1.54) is 6.07 Å². The minimum Gasteiger partial charge on any atom is -0.489 e. The number of nitrogens with two attached hydrogens (primary N) is 1. The number of nitrogens with one attached hydrogen (secondary N) is 2. The molecule has 5 N–H and O–H groups in total. The van der Waals surface area contributed by atoms with Crippen LogP contribution in [0.15, 0.2) is 47.9 Å². The Bertz CT molecular complexity index is 1260. The number of imidazole rings is 1. The summed E-state index contributed by atoms with van der Waals surface area (Å²) in [4.78, 5) is 4.29. The van der Waals surface area contributed by atoms with Crippen molar-refractivity contribution in [2.24, 2.45) is 11.1 Å². The van der Waals surface area contributed by atoms with Crippen molar-refractivity contribution in [2.75, 3.05) is 13.7 Å². The van der Waals surface area contributed by atoms with E-state index in [2.05, 4.69) is 10.3 Å². The molecule has 2 aromatic heterocycles. The number of aliphatic hydroxyl groups is 1. The molecule has 2 heterocycles. The van der Waals surface area contributed by atoms with Gasteiger partial charge in [0.1, 0.15) is 11.8 Å². The van der Waals surface area contributed by atoms with Gasteiger partial charge in [-0.25, -0.2) is 9.37 Å². The minimum absolute atomic E-state index is 0.0255. The number of benzene rings is 1. The lowest BCUT2D eigenvalue weighted by molar-refractivity contribution is 0.121. The van der Waals surface area contributed by atoms with Crippen molar-refractivity contribution >= 4 is 11.4 Å². The Morgan fingerprint density at radius 1 is 1.26 bits per heavy atom. The smallest absolute Gasteiger partial charge is 0.201 e. The highest BCUT2D eigenvalue weighted by Crippen LogP contribution is 2.35. The number of ether oxygens (including phenoxy) is 1. The lowest BCUT2D eigenvalue weighted by Gasteiger charge is -2.28. The monoisotopic (exact) mass is 485 g/mol. The lowest BCUT2D eigenvalue weighted by Crippen LogP contribution is -2.36. The molecular weight excluding hydrogens is 452 g/mol. The maximum Gasteiger partial charge on any atom is 0.201 e. The van der Waals surface area contributed by atoms with Gasteiger partial charge < -0.3 is 30.7 Å². The second-order valence-corrected chi connectivity index (χ2v) is 9.47. The molecule has 7 nitrogen and oxygen atoms in total. The summed E-state index contributed by atoms with van der Waals surface area (Å²) in [6.07, 6.45) is 2.64. The molecule has 0 fully saturated rings. The van der Waals surface area contributed by atoms with Crippen LogP contribution >= 0.6 is 0 Å². The Hall–Kier alpha value is -3.30. The quantitative estimate of drug-likeness (QED) is 0.336. The Morgan fingerprint density at radius 3 is 2.60 bits per heavy atom. The van der Waals surface area contributed by atoms with Gasteiger partial charge in [0, 0.05) is 43.0 Å². The maximum atomic E-state index is 14.9. The van der Waals surface area contributed by atoms with Crippen LogP contribution in [0.1, 0.15) is 39.8 Å². The van der Waals surface area contributed by atoms with Crippen molar-refractivity contribution in [3.63, 3.8) is 0 Å². The summed E-state index contributed by atoms with van der Waals surface area (Å²) in [6.45, 7) is 7.58. The van der Waals surface area contributed by atoms with E-state index in [1.807, 2.05) is 20.8 Å². The summed E-state index contributed by atoms with van der Waals surface area (Å²) in [5.74, 6) is -2.33. The number of nitrogens with zero attached hydrogens (tertiary/aromatic N) is 2. The molecular formula is C26H33F2N5O2. The molecule has 3 rings (SSSR count). The van der Waals surface area contributed by atoms with Gasteiger partial charge in [-0.05, 0) is 42.2 Å². The molecule has 9 heteroatoms. The lowest BCUT2D eigenvalue weighted by atomic mass is 9.83. The molecule has 1 unspecified atom stereocenters. The molecule has 0 radical (unpaired) electrons. The zero-order chi connectivity index (χ0) is 25.9. The van der Waals surface area contributed by atoms with Crippen molar-refractivity contribution in [2.45, 2.75) is 46.8 Å². The molecule has 188 valence electrons. The standard InChI is InChI=1S/C26H33F2N5O2/c1-15(31-5)18(23(30)25(34)26(2,3)4)10-11-35-24-19(7-8-20(27)22(24)28)16-6-9-21-32-13-17(12-29)33(21)14-16/h6-9,13-14,25,30-31,34H,10-12,29H2,1-5H3/b18-15-,30-23?. The summed E-state index contributed by atoms with van der Waals surface area (Å²) < 4.78 is 36.6. The van der Waals surface area contributed by atoms with Gasteiger partial charge >= 0.3 is 0 Å². The molecule has 3 aromatic rings. The van der Waals surface area contributed by atoms with Crippen molar-refractivity contribution in [3.05, 3.63) is 65.3 Å². The van der Waals surface area contributed by atoms with Gasteiger partial charge in [-0.1, -0.05) is 20.8 Å². The summed E-state index contributed by atoms with van der Waals surface area (Å²) in [6, 6.07) is 6.06. The summed E-state index contributed by atoms with van der Waals surface area (Å²) in [5, 5.41) is 22.1. The first-order valence-electron chi connectivity index (χ1n) is 11.4. The number of hydrogen-bond donors (Lipinski definition) is 4. The highest BCUT2D eigenvalue weighted by Gasteiger charge is 2.29. The third-order valence-corrected chi connectivity index (χ3v) is 6.00. The van der Waals surface area contributed by atoms with Crippen LogP contribution in [0.5, 0.6) is 5.75 Å². The van der Waals surface area contributed by atoms with Crippen molar-refractivity contribution in [3.8, 4) is 16.9 Å². The Labute approximate surface area is 204 Å². The number of fused-ring (bicyclic) bond motifs is 1. The number of aliphatic hydroxyl groups excluding tert-OH is 1. The first kappa shape index (κ1) is 26.3. The second kappa shape index (κ2) is 10.5. The van der Waals surface area contributed by atoms with E-state index in [-0.39, 0.29) is 31.0 Å². The molecule has 0 aliphatic rings. The largest absolute Gasteiger partial charge is 0.489 e. The SMILES string of the molecule is CN/C(C)=C(/CCOc1c(-c2ccc3ncc(CN)n3c2)ccc(F)c1F)C(=N)C(O)C(C)(C)C. The van der Waals surface area contributed by atoms with Crippen LogP contribution in [0.2, 0.25) is 0 Å². The third-order valence-electron chi connectivity index (χ3n) is 6.00. The van der Waals surface area contributed by atoms with Crippen molar-refractivity contribution < 1.29 is 18.6 Å². The molecule has 0 amide bonds. The van der Waals surface area contributed by atoms with Crippen LogP contribution in [-0.2, 0) is 6.54 Å². The van der Waals surface area contributed by atoms with Gasteiger partial charge in [0.25, 0.3) is 0 Å². The Kier molecular flexibility index (Phi) is 7.92. The predicted octanol–water partition coefficient (Wildman–Crippen LogP) is 4.43. The zero-order valence-electron chi connectivity index (χ0n) is 20.7. The number of pyridine rings is 1. The number of allylic oxidation sites excluding steroid dienone is 1. The number of hydrogen-bond acceptors (Lipinski definition) is 6. The van der Waals surface area contributed by atoms with Gasteiger partial charge in [-0.3, -0.25) is 0 Å². The summed E-state index contributed by atoms with van der Waals surface area (Å²) >= 11 is 0. The maximum absolute atomic E-state index is 14.9. The predicted molar refractivity (Wildman–Crippen MR) is 133 cm³/mol. The summed E-state index contributed by atoms with van der Waals surface area (Å²) in [5.41, 5.74) is 9.02. The average molecular weight is 486 g/mol. The molecule has 1 aromatic carbocycles. The second-order valence-electron chi connectivity index (χ2n) is 9.47. The van der Waals surface area contributed by atoms with E-state index in [9.17, 15) is 13.9 Å².